The number of furan rings is 1. The standard InChI is InChI=1S/C14H9IN2O6S/c15-8-1-3-9(4-2-8)17-14(19)11(13(18)16-17)7-10-5-6-12(23-10)24(20,21)22/h1-7H,(H,16,18)(H,20,21,22)/b11-7-. The molecule has 0 radical (unpaired) electrons. The summed E-state index contributed by atoms with van der Waals surface area (Å²) >= 11 is 2.11. The zero-order valence-electron chi connectivity index (χ0n) is 11.8. The summed E-state index contributed by atoms with van der Waals surface area (Å²) in [7, 11) is -4.49. The normalized spacial score (nSPS) is 16.8. The lowest BCUT2D eigenvalue weighted by Crippen LogP contribution is -2.35. The average Bonchev–Trinajstić information content (AvgIpc) is 3.08. The second kappa shape index (κ2) is 6.03. The Morgan fingerprint density at radius 1 is 1.12 bits per heavy atom. The largest absolute Gasteiger partial charge is 0.443 e. The molecule has 2 amide bonds. The first-order chi connectivity index (χ1) is 11.3. The van der Waals surface area contributed by atoms with Gasteiger partial charge in [0.2, 0.25) is 5.09 Å². The van der Waals surface area contributed by atoms with E-state index in [1.54, 1.807) is 24.3 Å². The first-order valence-corrected chi connectivity index (χ1v) is 8.97. The molecule has 1 saturated heterocycles. The van der Waals surface area contributed by atoms with Crippen LogP contribution in [0.2, 0.25) is 0 Å². The molecule has 124 valence electrons. The number of anilines is 1. The van der Waals surface area contributed by atoms with Crippen molar-refractivity contribution < 1.29 is 27.0 Å². The van der Waals surface area contributed by atoms with Crippen molar-refractivity contribution in [3.63, 3.8) is 0 Å². The van der Waals surface area contributed by atoms with Gasteiger partial charge in [0.05, 0.1) is 5.69 Å². The lowest BCUT2D eigenvalue weighted by atomic mass is 10.2. The Labute approximate surface area is 150 Å². The van der Waals surface area contributed by atoms with Gasteiger partial charge in [0.25, 0.3) is 11.8 Å². The van der Waals surface area contributed by atoms with Gasteiger partial charge in [0, 0.05) is 3.57 Å². The minimum atomic E-state index is -4.49. The highest BCUT2D eigenvalue weighted by molar-refractivity contribution is 14.1. The molecule has 1 aromatic heterocycles. The molecule has 0 spiro atoms. The van der Waals surface area contributed by atoms with E-state index in [9.17, 15) is 18.0 Å². The highest BCUT2D eigenvalue weighted by atomic mass is 127. The first-order valence-electron chi connectivity index (χ1n) is 6.46. The van der Waals surface area contributed by atoms with Gasteiger partial charge >= 0.3 is 10.1 Å². The number of halogens is 1. The van der Waals surface area contributed by atoms with Gasteiger partial charge in [-0.1, -0.05) is 0 Å². The van der Waals surface area contributed by atoms with Crippen LogP contribution >= 0.6 is 22.6 Å². The van der Waals surface area contributed by atoms with Crippen LogP contribution in [0.15, 0.2) is 51.5 Å². The van der Waals surface area contributed by atoms with Crippen LogP contribution < -0.4 is 10.4 Å². The molecule has 1 fully saturated rings. The Kier molecular flexibility index (Phi) is 4.19. The fourth-order valence-corrected chi connectivity index (χ4v) is 2.82. The van der Waals surface area contributed by atoms with Gasteiger partial charge in [-0.25, -0.2) is 5.01 Å². The van der Waals surface area contributed by atoms with E-state index in [4.69, 9.17) is 8.97 Å². The monoisotopic (exact) mass is 460 g/mol. The van der Waals surface area contributed by atoms with Crippen LogP contribution in [0.25, 0.3) is 6.08 Å². The van der Waals surface area contributed by atoms with Crippen molar-refractivity contribution in [3.8, 4) is 0 Å². The smallest absolute Gasteiger partial charge is 0.328 e. The molecule has 1 aliphatic rings. The van der Waals surface area contributed by atoms with Crippen molar-refractivity contribution in [1.82, 2.24) is 5.43 Å². The summed E-state index contributed by atoms with van der Waals surface area (Å²) in [4.78, 5) is 24.4. The molecule has 0 unspecified atom stereocenters. The Hall–Kier alpha value is -2.18. The maximum absolute atomic E-state index is 12.4. The number of hydrogen-bond acceptors (Lipinski definition) is 5. The molecule has 0 aliphatic carbocycles. The van der Waals surface area contributed by atoms with Gasteiger partial charge in [-0.05, 0) is 65.1 Å². The van der Waals surface area contributed by atoms with E-state index in [1.165, 1.54) is 6.07 Å². The van der Waals surface area contributed by atoms with Crippen molar-refractivity contribution in [2.24, 2.45) is 0 Å². The van der Waals surface area contributed by atoms with E-state index in [0.29, 0.717) is 5.69 Å². The SMILES string of the molecule is O=C1NN(c2ccc(I)cc2)C(=O)/C1=C\c1ccc(S(=O)(=O)O)o1. The van der Waals surface area contributed by atoms with Crippen molar-refractivity contribution in [2.75, 3.05) is 5.01 Å². The molecule has 1 aromatic carbocycles. The molecule has 0 bridgehead atoms. The van der Waals surface area contributed by atoms with E-state index in [1.807, 2.05) is 0 Å². The van der Waals surface area contributed by atoms with Crippen LogP contribution in [-0.4, -0.2) is 24.8 Å². The van der Waals surface area contributed by atoms with E-state index < -0.39 is 27.0 Å². The van der Waals surface area contributed by atoms with Crippen molar-refractivity contribution in [2.45, 2.75) is 5.09 Å². The van der Waals surface area contributed by atoms with Gasteiger partial charge in [0.1, 0.15) is 11.3 Å². The minimum Gasteiger partial charge on any atom is -0.443 e. The molecule has 24 heavy (non-hydrogen) atoms. The summed E-state index contributed by atoms with van der Waals surface area (Å²) in [6.07, 6.45) is 1.11. The lowest BCUT2D eigenvalue weighted by Gasteiger charge is -2.14. The number of nitrogens with one attached hydrogen (secondary N) is 1. The van der Waals surface area contributed by atoms with E-state index >= 15 is 0 Å². The highest BCUT2D eigenvalue weighted by Crippen LogP contribution is 2.23. The molecule has 10 heteroatoms. The van der Waals surface area contributed by atoms with Gasteiger partial charge in [0.15, 0.2) is 0 Å². The fourth-order valence-electron chi connectivity index (χ4n) is 2.02. The number of amides is 2. The lowest BCUT2D eigenvalue weighted by molar-refractivity contribution is -0.117. The van der Waals surface area contributed by atoms with Crippen LogP contribution in [0.3, 0.4) is 0 Å². The Morgan fingerprint density at radius 3 is 2.38 bits per heavy atom. The number of carbonyl (C=O) groups is 2. The third-order valence-electron chi connectivity index (χ3n) is 3.12. The van der Waals surface area contributed by atoms with Gasteiger partial charge in [-0.3, -0.25) is 19.6 Å². The number of rotatable bonds is 3. The molecule has 2 aromatic rings. The number of hydrogen-bond donors (Lipinski definition) is 2. The third kappa shape index (κ3) is 3.20. The summed E-state index contributed by atoms with van der Waals surface area (Å²) in [6.45, 7) is 0. The number of carbonyl (C=O) groups excluding carboxylic acids is 2. The molecular weight excluding hydrogens is 451 g/mol. The molecule has 0 atom stereocenters. The van der Waals surface area contributed by atoms with E-state index in [2.05, 4.69) is 28.0 Å². The van der Waals surface area contributed by atoms with Gasteiger partial charge in [-0.2, -0.15) is 8.42 Å². The molecule has 8 nitrogen and oxygen atoms in total. The van der Waals surface area contributed by atoms with Crippen molar-refractivity contribution in [1.29, 1.82) is 0 Å². The molecule has 2 heterocycles. The van der Waals surface area contributed by atoms with Crippen LogP contribution in [0.5, 0.6) is 0 Å². The summed E-state index contributed by atoms with van der Waals surface area (Å²) in [5.74, 6) is -1.31. The van der Waals surface area contributed by atoms with Crippen molar-refractivity contribution >= 4 is 56.3 Å². The predicted octanol–water partition coefficient (Wildman–Crippen LogP) is 1.59. The molecular formula is C14H9IN2O6S. The number of benzene rings is 1. The van der Waals surface area contributed by atoms with E-state index in [-0.39, 0.29) is 11.3 Å². The maximum atomic E-state index is 12.4. The zero-order chi connectivity index (χ0) is 17.5. The Morgan fingerprint density at radius 2 is 1.79 bits per heavy atom. The van der Waals surface area contributed by atoms with Crippen molar-refractivity contribution in [3.05, 3.63) is 51.3 Å². The molecule has 3 rings (SSSR count). The fraction of sp³-hybridized carbons (Fsp3) is 0. The second-order valence-corrected chi connectivity index (χ2v) is 7.35. The molecule has 1 aliphatic heterocycles. The summed E-state index contributed by atoms with van der Waals surface area (Å²) in [5, 5.41) is 0.409. The van der Waals surface area contributed by atoms with Gasteiger partial charge in [-0.15, -0.1) is 0 Å². The quantitative estimate of drug-likeness (QED) is 0.311. The second-order valence-electron chi connectivity index (χ2n) is 4.75. The average molecular weight is 460 g/mol. The van der Waals surface area contributed by atoms with E-state index in [0.717, 1.165) is 20.7 Å². The van der Waals surface area contributed by atoms with Crippen LogP contribution in [0.4, 0.5) is 5.69 Å². The highest BCUT2D eigenvalue weighted by Gasteiger charge is 2.34. The first kappa shape index (κ1) is 16.7. The summed E-state index contributed by atoms with van der Waals surface area (Å²) in [5.41, 5.74) is 2.68. The van der Waals surface area contributed by atoms with Crippen LogP contribution in [0, 0.1) is 3.57 Å². The molecule has 0 saturated carbocycles. The van der Waals surface area contributed by atoms with Crippen LogP contribution in [0.1, 0.15) is 5.76 Å². The van der Waals surface area contributed by atoms with Gasteiger partial charge < -0.3 is 4.42 Å². The topological polar surface area (TPSA) is 117 Å². The summed E-state index contributed by atoms with van der Waals surface area (Å²) in [6, 6.07) is 9.16. The maximum Gasteiger partial charge on any atom is 0.328 e. The Bertz CT molecular complexity index is 961. The zero-order valence-corrected chi connectivity index (χ0v) is 14.7. The minimum absolute atomic E-state index is 0.0504. The number of nitrogens with zero attached hydrogens (tertiary/aromatic N) is 1. The Balaban J connectivity index is 1.91. The van der Waals surface area contributed by atoms with Crippen LogP contribution in [-0.2, 0) is 19.7 Å². The third-order valence-corrected chi connectivity index (χ3v) is 4.57. The molecule has 2 N–H and O–H groups in total. The number of hydrazine groups is 1. The predicted molar refractivity (Wildman–Crippen MR) is 91.3 cm³/mol. The summed E-state index contributed by atoms with van der Waals surface area (Å²) < 4.78 is 36.7.